The second kappa shape index (κ2) is 10.7. The van der Waals surface area contributed by atoms with Crippen LogP contribution in [0.5, 0.6) is 11.5 Å². The quantitative estimate of drug-likeness (QED) is 0.466. The van der Waals surface area contributed by atoms with Crippen LogP contribution in [0.15, 0.2) is 52.1 Å². The van der Waals surface area contributed by atoms with Gasteiger partial charge in [-0.15, -0.1) is 0 Å². The van der Waals surface area contributed by atoms with Gasteiger partial charge < -0.3 is 14.2 Å². The fourth-order valence-corrected chi connectivity index (χ4v) is 3.55. The molecule has 1 N–H and O–H groups in total. The predicted octanol–water partition coefficient (Wildman–Crippen LogP) is 3.84. The first-order valence-electron chi connectivity index (χ1n) is 11.0. The molecule has 3 aromatic rings. The van der Waals surface area contributed by atoms with Crippen LogP contribution in [0.2, 0.25) is 0 Å². The maximum Gasteiger partial charge on any atom is 0.432 e. The van der Waals surface area contributed by atoms with Crippen LogP contribution in [0.4, 0.5) is 13.2 Å². The molecule has 8 nitrogen and oxygen atoms in total. The molecule has 0 aliphatic carbocycles. The molecule has 0 saturated heterocycles. The van der Waals surface area contributed by atoms with E-state index in [9.17, 15) is 27.6 Å². The number of nitrogens with one attached hydrogen (secondary N) is 1. The first kappa shape index (κ1) is 26.6. The van der Waals surface area contributed by atoms with Crippen LogP contribution in [0.3, 0.4) is 0 Å². The van der Waals surface area contributed by atoms with Crippen molar-refractivity contribution in [3.05, 3.63) is 80.1 Å². The highest BCUT2D eigenvalue weighted by Crippen LogP contribution is 2.34. The number of hydrogen-bond acceptors (Lipinski definition) is 6. The van der Waals surface area contributed by atoms with Gasteiger partial charge in [-0.05, 0) is 42.7 Å². The molecular weight excluding hydrogens is 481 g/mol. The average Bonchev–Trinajstić information content (AvgIpc) is 2.84. The van der Waals surface area contributed by atoms with Gasteiger partial charge in [-0.2, -0.15) is 13.2 Å². The zero-order valence-electron chi connectivity index (χ0n) is 20.1. The number of rotatable bonds is 8. The number of carbonyl (C=O) groups is 1. The summed E-state index contributed by atoms with van der Waals surface area (Å²) < 4.78 is 57.5. The monoisotopic (exact) mass is 506 g/mol. The van der Waals surface area contributed by atoms with Crippen molar-refractivity contribution < 1.29 is 32.2 Å². The molecule has 1 aromatic heterocycles. The summed E-state index contributed by atoms with van der Waals surface area (Å²) in [6, 6.07) is 10.9. The number of nitrogens with zero attached hydrogens (tertiary/aromatic N) is 1. The number of methoxy groups -OCH3 is 1. The Kier molecular flexibility index (Phi) is 7.91. The van der Waals surface area contributed by atoms with Crippen molar-refractivity contribution in [2.45, 2.75) is 39.2 Å². The predicted molar refractivity (Wildman–Crippen MR) is 125 cm³/mol. The van der Waals surface area contributed by atoms with Gasteiger partial charge >= 0.3 is 17.8 Å². The summed E-state index contributed by atoms with van der Waals surface area (Å²) in [5.41, 5.74) is -2.73. The van der Waals surface area contributed by atoms with Gasteiger partial charge in [-0.3, -0.25) is 14.3 Å². The minimum absolute atomic E-state index is 0.0326. The van der Waals surface area contributed by atoms with Crippen molar-refractivity contribution in [3.8, 4) is 22.6 Å². The molecule has 0 radical (unpaired) electrons. The minimum Gasteiger partial charge on any atom is -0.489 e. The number of aromatic amines is 1. The number of halogens is 3. The molecular formula is C25H25F3N2O6. The second-order valence-electron chi connectivity index (χ2n) is 7.93. The summed E-state index contributed by atoms with van der Waals surface area (Å²) in [7, 11) is 2.20. The molecule has 11 heteroatoms. The van der Waals surface area contributed by atoms with Gasteiger partial charge in [0.25, 0.3) is 5.56 Å². The number of carbonyl (C=O) groups excluding carboxylic acids is 1. The Bertz CT molecular complexity index is 1360. The number of H-pyrrole nitrogens is 1. The Morgan fingerprint density at radius 2 is 1.78 bits per heavy atom. The normalized spacial score (nSPS) is 12.2. The van der Waals surface area contributed by atoms with Crippen LogP contribution in [0.1, 0.15) is 30.7 Å². The lowest BCUT2D eigenvalue weighted by atomic mass is 10.0. The van der Waals surface area contributed by atoms with Crippen LogP contribution in [0.25, 0.3) is 11.1 Å². The molecule has 0 spiro atoms. The fourth-order valence-electron chi connectivity index (χ4n) is 3.55. The summed E-state index contributed by atoms with van der Waals surface area (Å²) in [5, 5.41) is 0. The number of aromatic nitrogens is 2. The third-order valence-corrected chi connectivity index (χ3v) is 5.51. The summed E-state index contributed by atoms with van der Waals surface area (Å²) in [6.45, 7) is 3.57. The van der Waals surface area contributed by atoms with Crippen molar-refractivity contribution in [1.82, 2.24) is 9.55 Å². The molecule has 0 amide bonds. The molecule has 0 bridgehead atoms. The van der Waals surface area contributed by atoms with Crippen LogP contribution < -0.4 is 20.7 Å². The van der Waals surface area contributed by atoms with E-state index in [0.29, 0.717) is 21.6 Å². The zero-order valence-corrected chi connectivity index (χ0v) is 20.1. The number of alkyl halides is 3. The second-order valence-corrected chi connectivity index (χ2v) is 7.93. The van der Waals surface area contributed by atoms with E-state index in [0.717, 1.165) is 19.0 Å². The summed E-state index contributed by atoms with van der Waals surface area (Å²) in [5.74, 6) is 0.224. The topological polar surface area (TPSA) is 99.6 Å². The first-order chi connectivity index (χ1) is 17.0. The molecule has 192 valence electrons. The molecule has 0 saturated carbocycles. The molecule has 2 aromatic carbocycles. The van der Waals surface area contributed by atoms with Crippen molar-refractivity contribution in [1.29, 1.82) is 0 Å². The SMILES string of the molecule is CCc1ccc(COc2ccc(-c3c(C(F)(F)F)n(C)c(=O)[nH]c3=O)cc2)c(OC(C)C(=O)OC)c1. The molecule has 1 heterocycles. The number of esters is 1. The Morgan fingerprint density at radius 1 is 1.11 bits per heavy atom. The highest BCUT2D eigenvalue weighted by molar-refractivity contribution is 5.74. The van der Waals surface area contributed by atoms with E-state index in [1.165, 1.54) is 31.4 Å². The van der Waals surface area contributed by atoms with E-state index in [1.54, 1.807) is 19.1 Å². The summed E-state index contributed by atoms with van der Waals surface area (Å²) >= 11 is 0. The van der Waals surface area contributed by atoms with Gasteiger partial charge in [0.05, 0.1) is 12.7 Å². The van der Waals surface area contributed by atoms with Crippen molar-refractivity contribution in [2.75, 3.05) is 7.11 Å². The lowest BCUT2D eigenvalue weighted by Crippen LogP contribution is -2.35. The van der Waals surface area contributed by atoms with Crippen LogP contribution >= 0.6 is 0 Å². The van der Waals surface area contributed by atoms with Crippen molar-refractivity contribution >= 4 is 5.97 Å². The van der Waals surface area contributed by atoms with Gasteiger partial charge in [0, 0.05) is 12.6 Å². The fraction of sp³-hybridized carbons (Fsp3) is 0.320. The van der Waals surface area contributed by atoms with Gasteiger partial charge in [0.15, 0.2) is 6.10 Å². The molecule has 1 unspecified atom stereocenters. The summed E-state index contributed by atoms with van der Waals surface area (Å²) in [4.78, 5) is 37.6. The van der Waals surface area contributed by atoms with E-state index < -0.39 is 40.8 Å². The van der Waals surface area contributed by atoms with E-state index in [2.05, 4.69) is 0 Å². The maximum atomic E-state index is 13.6. The summed E-state index contributed by atoms with van der Waals surface area (Å²) in [6.07, 6.45) is -5.02. The Hall–Kier alpha value is -4.02. The third kappa shape index (κ3) is 5.78. The Balaban J connectivity index is 1.87. The van der Waals surface area contributed by atoms with E-state index in [-0.39, 0.29) is 12.2 Å². The van der Waals surface area contributed by atoms with E-state index in [4.69, 9.17) is 14.2 Å². The number of aryl methyl sites for hydroxylation is 1. The molecule has 36 heavy (non-hydrogen) atoms. The molecule has 0 fully saturated rings. The Labute approximate surface area is 204 Å². The van der Waals surface area contributed by atoms with Crippen molar-refractivity contribution in [3.63, 3.8) is 0 Å². The number of benzene rings is 2. The van der Waals surface area contributed by atoms with Crippen molar-refractivity contribution in [2.24, 2.45) is 7.05 Å². The van der Waals surface area contributed by atoms with Crippen LogP contribution in [-0.4, -0.2) is 28.7 Å². The van der Waals surface area contributed by atoms with Gasteiger partial charge in [0.2, 0.25) is 0 Å². The standard InChI is InChI=1S/C25H25F3N2O6/c1-5-15-6-7-17(19(12-15)36-14(2)23(32)34-4)13-35-18-10-8-16(9-11-18)20-21(25(26,27)28)30(3)24(33)29-22(20)31/h6-12,14H,5,13H2,1-4H3,(H,29,31,33). The van der Waals surface area contributed by atoms with Crippen LogP contribution in [0, 0.1) is 0 Å². The molecule has 0 aliphatic rings. The van der Waals surface area contributed by atoms with E-state index >= 15 is 0 Å². The van der Waals surface area contributed by atoms with Gasteiger partial charge in [0.1, 0.15) is 23.8 Å². The number of hydrogen-bond donors (Lipinski definition) is 1. The number of ether oxygens (including phenoxy) is 3. The molecule has 1 atom stereocenters. The molecule has 3 rings (SSSR count). The first-order valence-corrected chi connectivity index (χ1v) is 11.0. The minimum atomic E-state index is -4.92. The smallest absolute Gasteiger partial charge is 0.432 e. The van der Waals surface area contributed by atoms with E-state index in [1.807, 2.05) is 18.0 Å². The van der Waals surface area contributed by atoms with Gasteiger partial charge in [-0.1, -0.05) is 31.2 Å². The third-order valence-electron chi connectivity index (χ3n) is 5.51. The maximum absolute atomic E-state index is 13.6. The highest BCUT2D eigenvalue weighted by Gasteiger charge is 2.38. The molecule has 0 aliphatic heterocycles. The largest absolute Gasteiger partial charge is 0.489 e. The highest BCUT2D eigenvalue weighted by atomic mass is 19.4. The lowest BCUT2D eigenvalue weighted by Gasteiger charge is -2.17. The zero-order chi connectivity index (χ0) is 26.6. The average molecular weight is 506 g/mol. The van der Waals surface area contributed by atoms with Crippen LogP contribution in [-0.2, 0) is 35.8 Å². The lowest BCUT2D eigenvalue weighted by molar-refractivity contribution is -0.148. The Morgan fingerprint density at radius 3 is 2.36 bits per heavy atom. The van der Waals surface area contributed by atoms with Gasteiger partial charge in [-0.25, -0.2) is 9.59 Å².